The van der Waals surface area contributed by atoms with Crippen LogP contribution in [-0.2, 0) is 58.3 Å². The first-order chi connectivity index (χ1) is 25.8. The van der Waals surface area contributed by atoms with Crippen molar-refractivity contribution in [3.63, 3.8) is 0 Å². The average Bonchev–Trinajstić information content (AvgIpc) is 3.36. The van der Waals surface area contributed by atoms with Gasteiger partial charge in [-0.25, -0.2) is 8.42 Å². The molecule has 3 aromatic rings. The van der Waals surface area contributed by atoms with Crippen LogP contribution >= 0.6 is 0 Å². The van der Waals surface area contributed by atoms with Gasteiger partial charge in [0.1, 0.15) is 16.7 Å². The number of ketones is 1. The number of Topliss-reactive ketones (excluding diaryl/α,β-unsaturated/α-hetero) is 1. The minimum absolute atomic E-state index is 0.0221. The highest BCUT2D eigenvalue weighted by molar-refractivity contribution is 7.97. The molecule has 0 N–H and O–H groups in total. The standard InChI is InChI=1S/C42H63S.C10H16O4S/c1-37(2,3)28-24-31(39(7,8)9)35(32(25-28)40(10,11)12)43(30-22-20-19-21-23-30)36-33(41(13,14)15)26-29(38(4,5)6)27-34(36)42(16,17)18;1-9(2)7-3-4-10(9,8(11)5-7)6-15(12,13)14/h19-27H,1-18H3;7H,3-6H2,1-2H3,(H,12,13,14)/q+1;/p-1. The van der Waals surface area contributed by atoms with E-state index in [4.69, 9.17) is 0 Å². The maximum atomic E-state index is 11.8. The molecule has 2 saturated carbocycles. The van der Waals surface area contributed by atoms with Gasteiger partial charge < -0.3 is 4.55 Å². The summed E-state index contributed by atoms with van der Waals surface area (Å²) in [5.74, 6) is -0.280. The van der Waals surface area contributed by atoms with E-state index in [9.17, 15) is 17.8 Å². The number of rotatable bonds is 5. The second-order valence-electron chi connectivity index (χ2n) is 24.3. The molecule has 6 heteroatoms. The van der Waals surface area contributed by atoms with Gasteiger partial charge in [0, 0.05) is 34.1 Å². The highest BCUT2D eigenvalue weighted by atomic mass is 32.2. The van der Waals surface area contributed by atoms with Crippen LogP contribution in [0.4, 0.5) is 0 Å². The van der Waals surface area contributed by atoms with Crippen LogP contribution in [0.1, 0.15) is 191 Å². The SMILES string of the molecule is CC(C)(C)c1cc(C(C)(C)C)c([S+](c2ccccc2)c2c(C(C)(C)C)cc(C(C)(C)C)cc2C(C)(C)C)c(C(C)(C)C)c1.CC1(C)C2CCC1(CS(=O)(=O)[O-])C(=O)C2. The molecular formula is C52H78O4S2. The molecule has 0 saturated heterocycles. The number of carbonyl (C=O) groups is 1. The molecule has 2 unspecified atom stereocenters. The molecule has 0 heterocycles. The summed E-state index contributed by atoms with van der Waals surface area (Å²) in [6.45, 7) is 46.9. The molecule has 2 bridgehead atoms. The largest absolute Gasteiger partial charge is 0.748 e. The third kappa shape index (κ3) is 9.86. The Hall–Kier alpha value is -2.41. The Labute approximate surface area is 358 Å². The Kier molecular flexibility index (Phi) is 12.9. The normalized spacial score (nSPS) is 20.4. The zero-order valence-corrected chi connectivity index (χ0v) is 41.7. The minimum Gasteiger partial charge on any atom is -0.748 e. The summed E-state index contributed by atoms with van der Waals surface area (Å²) in [6, 6.07) is 21.7. The van der Waals surface area contributed by atoms with Crippen LogP contribution in [0.15, 0.2) is 69.3 Å². The number of carbonyl (C=O) groups excluding carboxylic acids is 1. The number of fused-ring (bicyclic) bond motifs is 2. The molecule has 322 valence electrons. The Morgan fingerprint density at radius 1 is 0.603 bits per heavy atom. The minimum atomic E-state index is -4.33. The van der Waals surface area contributed by atoms with Crippen LogP contribution in [0.25, 0.3) is 0 Å². The third-order valence-electron chi connectivity index (χ3n) is 13.1. The fraction of sp³-hybridized carbons (Fsp3) is 0.635. The zero-order valence-electron chi connectivity index (χ0n) is 40.1. The Balaban J connectivity index is 0.000000411. The lowest BCUT2D eigenvalue weighted by atomic mass is 9.70. The second-order valence-corrected chi connectivity index (χ2v) is 27.6. The first-order valence-electron chi connectivity index (χ1n) is 21.5. The summed E-state index contributed by atoms with van der Waals surface area (Å²) in [4.78, 5) is 16.3. The van der Waals surface area contributed by atoms with E-state index in [1.165, 1.54) is 48.1 Å². The number of hydrogen-bond donors (Lipinski definition) is 0. The van der Waals surface area contributed by atoms with Crippen LogP contribution in [0, 0.1) is 16.7 Å². The Morgan fingerprint density at radius 3 is 1.19 bits per heavy atom. The van der Waals surface area contributed by atoms with E-state index in [-0.39, 0.29) is 60.5 Å². The molecule has 2 aliphatic rings. The molecule has 0 aromatic heterocycles. The first-order valence-corrected chi connectivity index (χ1v) is 24.3. The van der Waals surface area contributed by atoms with Gasteiger partial charge >= 0.3 is 0 Å². The maximum Gasteiger partial charge on any atom is 0.174 e. The van der Waals surface area contributed by atoms with Gasteiger partial charge in [0.15, 0.2) is 14.7 Å². The Morgan fingerprint density at radius 2 is 0.948 bits per heavy atom. The summed E-state index contributed by atoms with van der Waals surface area (Å²) in [5.41, 5.74) is 7.60. The Bertz CT molecular complexity index is 1940. The molecule has 0 radical (unpaired) electrons. The molecule has 4 nitrogen and oxygen atoms in total. The van der Waals surface area contributed by atoms with Crippen molar-refractivity contribution in [2.75, 3.05) is 5.75 Å². The van der Waals surface area contributed by atoms with E-state index in [1.54, 1.807) is 0 Å². The van der Waals surface area contributed by atoms with E-state index in [2.05, 4.69) is 179 Å². The summed E-state index contributed by atoms with van der Waals surface area (Å²) in [5, 5.41) is 0. The van der Waals surface area contributed by atoms with Crippen LogP contribution in [0.5, 0.6) is 0 Å². The van der Waals surface area contributed by atoms with Crippen LogP contribution < -0.4 is 0 Å². The van der Waals surface area contributed by atoms with E-state index in [1.807, 2.05) is 13.8 Å². The molecule has 58 heavy (non-hydrogen) atoms. The molecule has 0 aliphatic heterocycles. The molecule has 5 rings (SSSR count). The van der Waals surface area contributed by atoms with Crippen molar-refractivity contribution in [3.8, 4) is 0 Å². The number of hydrogen-bond acceptors (Lipinski definition) is 4. The van der Waals surface area contributed by atoms with E-state index < -0.39 is 21.3 Å². The topological polar surface area (TPSA) is 74.3 Å². The summed E-state index contributed by atoms with van der Waals surface area (Å²) < 4.78 is 32.7. The predicted octanol–water partition coefficient (Wildman–Crippen LogP) is 13.5. The molecular weight excluding hydrogens is 753 g/mol. The molecule has 2 fully saturated rings. The van der Waals surface area contributed by atoms with Gasteiger partial charge in [-0.05, 0) is 104 Å². The van der Waals surface area contributed by atoms with E-state index in [0.717, 1.165) is 6.42 Å². The lowest BCUT2D eigenvalue weighted by molar-refractivity contribution is -0.128. The highest BCUT2D eigenvalue weighted by Crippen LogP contribution is 2.64. The van der Waals surface area contributed by atoms with Gasteiger partial charge in [-0.1, -0.05) is 157 Å². The molecule has 2 aliphatic carbocycles. The van der Waals surface area contributed by atoms with Crippen molar-refractivity contribution in [3.05, 3.63) is 88.0 Å². The quantitative estimate of drug-likeness (QED) is 0.190. The van der Waals surface area contributed by atoms with Crippen molar-refractivity contribution in [2.45, 2.75) is 205 Å². The number of benzene rings is 3. The fourth-order valence-electron chi connectivity index (χ4n) is 9.10. The monoisotopic (exact) mass is 831 g/mol. The van der Waals surface area contributed by atoms with Crippen molar-refractivity contribution in [1.29, 1.82) is 0 Å². The molecule has 2 atom stereocenters. The zero-order chi connectivity index (χ0) is 44.6. The van der Waals surface area contributed by atoms with E-state index >= 15 is 0 Å². The van der Waals surface area contributed by atoms with Gasteiger partial charge in [0.2, 0.25) is 0 Å². The lowest BCUT2D eigenvalue weighted by Gasteiger charge is -2.37. The van der Waals surface area contributed by atoms with Crippen LogP contribution in [0.2, 0.25) is 0 Å². The maximum absolute atomic E-state index is 11.8. The lowest BCUT2D eigenvalue weighted by Crippen LogP contribution is -2.42. The summed E-state index contributed by atoms with van der Waals surface area (Å²) >= 11 is 0. The third-order valence-corrected chi connectivity index (χ3v) is 16.4. The van der Waals surface area contributed by atoms with Gasteiger partial charge in [0.25, 0.3) is 0 Å². The van der Waals surface area contributed by atoms with Crippen molar-refractivity contribution in [2.24, 2.45) is 16.7 Å². The van der Waals surface area contributed by atoms with Crippen LogP contribution in [-0.4, -0.2) is 24.5 Å². The van der Waals surface area contributed by atoms with Gasteiger partial charge in [-0.2, -0.15) is 0 Å². The van der Waals surface area contributed by atoms with Crippen LogP contribution in [0.3, 0.4) is 0 Å². The van der Waals surface area contributed by atoms with Gasteiger partial charge in [0.05, 0.1) is 15.9 Å². The molecule has 0 amide bonds. The fourth-order valence-corrected chi connectivity index (χ4v) is 13.8. The summed E-state index contributed by atoms with van der Waals surface area (Å²) in [7, 11) is -4.64. The highest BCUT2D eigenvalue weighted by Gasteiger charge is 2.64. The average molecular weight is 831 g/mol. The molecule has 3 aromatic carbocycles. The van der Waals surface area contributed by atoms with Crippen molar-refractivity contribution >= 4 is 26.8 Å². The van der Waals surface area contributed by atoms with E-state index in [0.29, 0.717) is 12.8 Å². The predicted molar refractivity (Wildman–Crippen MR) is 247 cm³/mol. The summed E-state index contributed by atoms with van der Waals surface area (Å²) in [6.07, 6.45) is 1.88. The smallest absolute Gasteiger partial charge is 0.174 e. The second kappa shape index (κ2) is 15.5. The first kappa shape index (κ1) is 48.3. The van der Waals surface area contributed by atoms with Crippen molar-refractivity contribution in [1.82, 2.24) is 0 Å². The van der Waals surface area contributed by atoms with Gasteiger partial charge in [-0.15, -0.1) is 0 Å². The van der Waals surface area contributed by atoms with Gasteiger partial charge in [-0.3, -0.25) is 4.79 Å². The molecule has 0 spiro atoms. The van der Waals surface area contributed by atoms with Crippen molar-refractivity contribution < 1.29 is 17.8 Å².